The van der Waals surface area contributed by atoms with E-state index in [1.165, 1.54) is 128 Å². The molecule has 0 rings (SSSR count). The summed E-state index contributed by atoms with van der Waals surface area (Å²) in [6.07, 6.45) is 46.7. The molecule has 0 aromatic rings. The third kappa shape index (κ3) is 42.6. The number of allylic oxidation sites excluding steroid dienone is 4. The number of unbranched alkanes of at least 4 members (excludes halogenated alkanes) is 28. The highest BCUT2D eigenvalue weighted by Gasteiger charge is 2.28. The Morgan fingerprint density at radius 1 is 0.517 bits per heavy atom. The van der Waals surface area contributed by atoms with Crippen molar-refractivity contribution in [2.45, 2.75) is 244 Å². The minimum atomic E-state index is -4.72. The first-order valence-corrected chi connectivity index (χ1v) is 25.9. The van der Waals surface area contributed by atoms with Crippen molar-refractivity contribution < 1.29 is 47.5 Å². The lowest BCUT2D eigenvalue weighted by Crippen LogP contribution is -2.34. The summed E-state index contributed by atoms with van der Waals surface area (Å²) in [6.45, 7) is 2.80. The van der Waals surface area contributed by atoms with Crippen LogP contribution in [0.15, 0.2) is 24.3 Å². The number of carbonyl (C=O) groups is 3. The van der Waals surface area contributed by atoms with Gasteiger partial charge in [-0.25, -0.2) is 4.57 Å². The number of ether oxygens (including phenoxy) is 2. The van der Waals surface area contributed by atoms with Crippen LogP contribution < -0.4 is 5.73 Å². The van der Waals surface area contributed by atoms with E-state index in [1.54, 1.807) is 0 Å². The second kappa shape index (κ2) is 43.6. The van der Waals surface area contributed by atoms with E-state index in [4.69, 9.17) is 24.8 Å². The molecule has 11 nitrogen and oxygen atoms in total. The summed E-state index contributed by atoms with van der Waals surface area (Å²) < 4.78 is 32.8. The van der Waals surface area contributed by atoms with Crippen LogP contribution in [0.1, 0.15) is 232 Å². The standard InChI is InChI=1S/C48H90NO10P/c1-3-5-7-9-11-13-15-17-19-20-21-22-23-24-26-28-30-32-34-36-38-40-47(51)59-44(42-57-60(54,55)58-43-45(49)48(52)53)41-56-46(50)39-37-35-33-31-29-27-25-18-16-14-12-10-8-6-4-2/h12,14,18,25,44-45H,3-11,13,15-17,19-24,26-43,49H2,1-2H3,(H,52,53)(H,54,55)/b14-12+,25-18+/t44-,45-/m0/s1. The summed E-state index contributed by atoms with van der Waals surface area (Å²) in [4.78, 5) is 46.1. The van der Waals surface area contributed by atoms with Gasteiger partial charge in [-0.2, -0.15) is 0 Å². The molecule has 0 saturated heterocycles. The largest absolute Gasteiger partial charge is 0.480 e. The number of phosphoric acid groups is 1. The van der Waals surface area contributed by atoms with Crippen LogP contribution in [-0.4, -0.2) is 59.9 Å². The second-order valence-electron chi connectivity index (χ2n) is 16.6. The molecule has 0 aliphatic heterocycles. The third-order valence-electron chi connectivity index (χ3n) is 10.7. The van der Waals surface area contributed by atoms with Gasteiger partial charge in [-0.05, 0) is 44.9 Å². The van der Waals surface area contributed by atoms with E-state index in [1.807, 2.05) is 0 Å². The predicted molar refractivity (Wildman–Crippen MR) is 245 cm³/mol. The molecule has 0 aromatic carbocycles. The van der Waals surface area contributed by atoms with Crippen LogP contribution in [0, 0.1) is 0 Å². The topological polar surface area (TPSA) is 172 Å². The lowest BCUT2D eigenvalue weighted by Gasteiger charge is -2.20. The van der Waals surface area contributed by atoms with Crippen molar-refractivity contribution in [1.82, 2.24) is 0 Å². The quantitative estimate of drug-likeness (QED) is 0.0230. The second-order valence-corrected chi connectivity index (χ2v) is 18.1. The van der Waals surface area contributed by atoms with Crippen LogP contribution in [0.4, 0.5) is 0 Å². The molecule has 0 aliphatic rings. The Morgan fingerprint density at radius 2 is 0.883 bits per heavy atom. The predicted octanol–water partition coefficient (Wildman–Crippen LogP) is 13.4. The highest BCUT2D eigenvalue weighted by molar-refractivity contribution is 7.47. The fraction of sp³-hybridized carbons (Fsp3) is 0.854. The molecule has 0 heterocycles. The zero-order chi connectivity index (χ0) is 44.2. The maximum Gasteiger partial charge on any atom is 0.472 e. The zero-order valence-electron chi connectivity index (χ0n) is 38.3. The van der Waals surface area contributed by atoms with E-state index in [0.717, 1.165) is 64.2 Å². The zero-order valence-corrected chi connectivity index (χ0v) is 39.2. The van der Waals surface area contributed by atoms with Gasteiger partial charge in [0.1, 0.15) is 12.6 Å². The fourth-order valence-corrected chi connectivity index (χ4v) is 7.64. The van der Waals surface area contributed by atoms with Crippen LogP contribution >= 0.6 is 7.82 Å². The van der Waals surface area contributed by atoms with Gasteiger partial charge in [0.25, 0.3) is 0 Å². The van der Waals surface area contributed by atoms with E-state index in [0.29, 0.717) is 12.8 Å². The van der Waals surface area contributed by atoms with Crippen molar-refractivity contribution in [1.29, 1.82) is 0 Å². The molecule has 0 saturated carbocycles. The summed E-state index contributed by atoms with van der Waals surface area (Å²) in [6, 6.07) is -1.52. The lowest BCUT2D eigenvalue weighted by atomic mass is 10.0. The number of carbonyl (C=O) groups excluding carboxylic acids is 2. The minimum absolute atomic E-state index is 0.163. The summed E-state index contributed by atoms with van der Waals surface area (Å²) in [5.41, 5.74) is 5.34. The van der Waals surface area contributed by atoms with Crippen molar-refractivity contribution in [2.75, 3.05) is 19.8 Å². The van der Waals surface area contributed by atoms with Gasteiger partial charge in [0.05, 0.1) is 13.2 Å². The molecular formula is C48H90NO10P. The number of hydrogen-bond acceptors (Lipinski definition) is 9. The Hall–Kier alpha value is -2.04. The molecule has 0 aliphatic carbocycles. The molecule has 0 bridgehead atoms. The van der Waals surface area contributed by atoms with Crippen LogP contribution in [-0.2, 0) is 37.5 Å². The van der Waals surface area contributed by atoms with Gasteiger partial charge in [0.2, 0.25) is 0 Å². The Morgan fingerprint density at radius 3 is 1.33 bits per heavy atom. The van der Waals surface area contributed by atoms with Crippen LogP contribution in [0.5, 0.6) is 0 Å². The minimum Gasteiger partial charge on any atom is -0.480 e. The van der Waals surface area contributed by atoms with Crippen molar-refractivity contribution in [3.05, 3.63) is 24.3 Å². The van der Waals surface area contributed by atoms with Crippen LogP contribution in [0.25, 0.3) is 0 Å². The molecule has 0 fully saturated rings. The first-order chi connectivity index (χ1) is 29.1. The molecule has 0 radical (unpaired) electrons. The summed E-state index contributed by atoms with van der Waals surface area (Å²) in [5.74, 6) is -2.38. The first-order valence-electron chi connectivity index (χ1n) is 24.4. The number of rotatable bonds is 46. The SMILES string of the molecule is CCCCC/C=C/C/C=C/CCCCCCCC(=O)OC[C@@H](COP(=O)(O)OC[C@H](N)C(=O)O)OC(=O)CCCCCCCCCCCCCCCCCCCCCCC. The Kier molecular flexibility index (Phi) is 42.1. The maximum atomic E-state index is 12.7. The molecule has 352 valence electrons. The fourth-order valence-electron chi connectivity index (χ4n) is 6.86. The highest BCUT2D eigenvalue weighted by atomic mass is 31.2. The number of carboxylic acid groups (broad SMARTS) is 1. The Labute approximate surface area is 366 Å². The van der Waals surface area contributed by atoms with Gasteiger partial charge >= 0.3 is 25.7 Å². The number of nitrogens with two attached hydrogens (primary N) is 1. The number of esters is 2. The monoisotopic (exact) mass is 872 g/mol. The number of aliphatic carboxylic acids is 1. The summed E-state index contributed by atoms with van der Waals surface area (Å²) in [5, 5.41) is 8.91. The smallest absolute Gasteiger partial charge is 0.472 e. The van der Waals surface area contributed by atoms with E-state index >= 15 is 0 Å². The molecule has 0 spiro atoms. The van der Waals surface area contributed by atoms with E-state index < -0.39 is 51.1 Å². The average Bonchev–Trinajstić information content (AvgIpc) is 3.22. The molecule has 4 N–H and O–H groups in total. The molecule has 0 aromatic heterocycles. The number of carboxylic acids is 1. The van der Waals surface area contributed by atoms with Crippen molar-refractivity contribution in [3.8, 4) is 0 Å². The molecule has 3 atom stereocenters. The van der Waals surface area contributed by atoms with Gasteiger partial charge in [0.15, 0.2) is 6.10 Å². The van der Waals surface area contributed by atoms with Gasteiger partial charge in [-0.15, -0.1) is 0 Å². The van der Waals surface area contributed by atoms with E-state index in [9.17, 15) is 23.8 Å². The van der Waals surface area contributed by atoms with Crippen LogP contribution in [0.2, 0.25) is 0 Å². The van der Waals surface area contributed by atoms with E-state index in [-0.39, 0.29) is 19.4 Å². The Bertz CT molecular complexity index is 1120. The normalized spacial score (nSPS) is 13.8. The maximum absolute atomic E-state index is 12.7. The van der Waals surface area contributed by atoms with Crippen molar-refractivity contribution in [3.63, 3.8) is 0 Å². The van der Waals surface area contributed by atoms with Gasteiger partial charge in [-0.3, -0.25) is 23.4 Å². The summed E-state index contributed by atoms with van der Waals surface area (Å²) >= 11 is 0. The first kappa shape index (κ1) is 58.0. The third-order valence-corrected chi connectivity index (χ3v) is 11.7. The highest BCUT2D eigenvalue weighted by Crippen LogP contribution is 2.43. The summed E-state index contributed by atoms with van der Waals surface area (Å²) in [7, 11) is -4.72. The van der Waals surface area contributed by atoms with Gasteiger partial charge < -0.3 is 25.2 Å². The lowest BCUT2D eigenvalue weighted by molar-refractivity contribution is -0.161. The molecule has 60 heavy (non-hydrogen) atoms. The Balaban J connectivity index is 4.25. The molecular weight excluding hydrogens is 781 g/mol. The average molecular weight is 872 g/mol. The van der Waals surface area contributed by atoms with Gasteiger partial charge in [0, 0.05) is 12.8 Å². The van der Waals surface area contributed by atoms with Crippen molar-refractivity contribution in [2.24, 2.45) is 5.73 Å². The molecule has 0 amide bonds. The van der Waals surface area contributed by atoms with E-state index in [2.05, 4.69) is 42.7 Å². The molecule has 12 heteroatoms. The number of hydrogen-bond donors (Lipinski definition) is 3. The van der Waals surface area contributed by atoms with Crippen LogP contribution in [0.3, 0.4) is 0 Å². The van der Waals surface area contributed by atoms with Crippen molar-refractivity contribution >= 4 is 25.7 Å². The number of phosphoric ester groups is 1. The van der Waals surface area contributed by atoms with Gasteiger partial charge in [-0.1, -0.05) is 199 Å². The molecule has 1 unspecified atom stereocenters.